The highest BCUT2D eigenvalue weighted by Gasteiger charge is 2.51. The van der Waals surface area contributed by atoms with Crippen molar-refractivity contribution in [1.82, 2.24) is 0 Å². The molecule has 0 amide bonds. The van der Waals surface area contributed by atoms with Crippen molar-refractivity contribution >= 4 is 19.8 Å². The van der Waals surface area contributed by atoms with E-state index < -0.39 is 75.7 Å². The summed E-state index contributed by atoms with van der Waals surface area (Å²) in [6.07, 6.45) is 13.5. The van der Waals surface area contributed by atoms with Gasteiger partial charge in [-0.25, -0.2) is 4.57 Å². The molecule has 0 radical (unpaired) electrons. The van der Waals surface area contributed by atoms with Gasteiger partial charge < -0.3 is 39.9 Å². The molecule has 1 saturated carbocycles. The van der Waals surface area contributed by atoms with Crippen LogP contribution in [-0.2, 0) is 32.7 Å². The highest BCUT2D eigenvalue weighted by molar-refractivity contribution is 7.47. The minimum Gasteiger partial charge on any atom is -0.462 e. The largest absolute Gasteiger partial charge is 0.472 e. The maximum absolute atomic E-state index is 12.6. The third kappa shape index (κ3) is 19.1. The Bertz CT molecular complexity index is 1040. The molecule has 1 fully saturated rings. The van der Waals surface area contributed by atoms with E-state index in [2.05, 4.69) is 55.5 Å². The molecule has 0 aliphatic heterocycles. The summed E-state index contributed by atoms with van der Waals surface area (Å²) in [5.74, 6) is -1.18. The molecule has 1 aliphatic carbocycles. The van der Waals surface area contributed by atoms with Crippen molar-refractivity contribution in [3.8, 4) is 0 Å². The average molecular weight is 705 g/mol. The molecule has 48 heavy (non-hydrogen) atoms. The van der Waals surface area contributed by atoms with Crippen molar-refractivity contribution < 1.29 is 63.1 Å². The first-order valence-corrected chi connectivity index (χ1v) is 18.4. The highest BCUT2D eigenvalue weighted by atomic mass is 31.2. The second kappa shape index (κ2) is 25.7. The second-order valence-corrected chi connectivity index (χ2v) is 13.0. The number of hydrogen-bond donors (Lipinski definition) is 6. The molecule has 1 aliphatic rings. The molecule has 0 saturated heterocycles. The third-order valence-electron chi connectivity index (χ3n) is 7.43. The van der Waals surface area contributed by atoms with Gasteiger partial charge in [-0.15, -0.1) is 0 Å². The monoisotopic (exact) mass is 704 g/mol. The summed E-state index contributed by atoms with van der Waals surface area (Å²) < 4.78 is 32.8. The lowest BCUT2D eigenvalue weighted by Gasteiger charge is -2.41. The Kier molecular flexibility index (Phi) is 23.5. The minimum absolute atomic E-state index is 0.0656. The maximum atomic E-state index is 12.6. The number of rotatable bonds is 25. The Morgan fingerprint density at radius 2 is 1.19 bits per heavy atom. The van der Waals surface area contributed by atoms with E-state index in [4.69, 9.17) is 18.5 Å². The molecule has 14 heteroatoms. The third-order valence-corrected chi connectivity index (χ3v) is 8.42. The molecule has 0 aromatic heterocycles. The standard InChI is InChI=1S/C34H57O13P/c1-3-5-7-8-9-10-11-12-13-14-15-16-17-18-19-20-21-23-28(36)46-26(24-44-27(35)22-6-4-2)25-45-48(42,43)47-34-32(40)30(38)29(37)31(39)33(34)41/h5,7,9-10,12-13,15-16,26,29-34,37-41H,3-4,6,8,11,14,17-25H2,1-2H3,(H,42,43)/b7-5-,10-9-,13-12-,16-15-. The van der Waals surface area contributed by atoms with Crippen LogP contribution in [0.3, 0.4) is 0 Å². The van der Waals surface area contributed by atoms with Crippen LogP contribution in [0.1, 0.15) is 97.3 Å². The molecule has 13 nitrogen and oxygen atoms in total. The molecule has 0 aromatic carbocycles. The number of aliphatic hydroxyl groups is 5. The quantitative estimate of drug-likeness (QED) is 0.0343. The molecular weight excluding hydrogens is 647 g/mol. The normalized spacial score (nSPS) is 25.2. The topological polar surface area (TPSA) is 210 Å². The van der Waals surface area contributed by atoms with E-state index in [1.807, 2.05) is 6.92 Å². The lowest BCUT2D eigenvalue weighted by molar-refractivity contribution is -0.220. The Morgan fingerprint density at radius 3 is 1.77 bits per heavy atom. The first-order chi connectivity index (χ1) is 22.9. The fraction of sp³-hybridized carbons (Fsp3) is 0.706. The molecule has 276 valence electrons. The van der Waals surface area contributed by atoms with Crippen molar-refractivity contribution in [2.75, 3.05) is 13.2 Å². The summed E-state index contributed by atoms with van der Waals surface area (Å²) in [5.41, 5.74) is 0. The van der Waals surface area contributed by atoms with Crippen LogP contribution in [0.25, 0.3) is 0 Å². The van der Waals surface area contributed by atoms with E-state index in [-0.39, 0.29) is 12.8 Å². The van der Waals surface area contributed by atoms with Crippen LogP contribution in [-0.4, -0.2) is 98.3 Å². The van der Waals surface area contributed by atoms with Gasteiger partial charge in [0.15, 0.2) is 6.10 Å². The van der Waals surface area contributed by atoms with Crippen LogP contribution in [0.5, 0.6) is 0 Å². The van der Waals surface area contributed by atoms with E-state index in [9.17, 15) is 44.6 Å². The van der Waals surface area contributed by atoms with Gasteiger partial charge in [-0.2, -0.15) is 0 Å². The summed E-state index contributed by atoms with van der Waals surface area (Å²) in [6, 6.07) is 0. The number of allylic oxidation sites excluding steroid dienone is 8. The molecule has 0 aromatic rings. The summed E-state index contributed by atoms with van der Waals surface area (Å²) in [7, 11) is -5.10. The van der Waals surface area contributed by atoms with Gasteiger partial charge in [-0.1, -0.05) is 81.7 Å². The molecule has 6 atom stereocenters. The van der Waals surface area contributed by atoms with Gasteiger partial charge in [0.1, 0.15) is 43.2 Å². The first kappa shape index (κ1) is 43.8. The molecule has 0 bridgehead atoms. The van der Waals surface area contributed by atoms with Gasteiger partial charge in [-0.3, -0.25) is 18.6 Å². The first-order valence-electron chi connectivity index (χ1n) is 16.9. The number of phosphoric ester groups is 1. The van der Waals surface area contributed by atoms with E-state index in [1.165, 1.54) is 0 Å². The van der Waals surface area contributed by atoms with Crippen LogP contribution < -0.4 is 0 Å². The number of esters is 2. The predicted molar refractivity (Wildman–Crippen MR) is 179 cm³/mol. The molecule has 0 spiro atoms. The summed E-state index contributed by atoms with van der Waals surface area (Å²) in [6.45, 7) is 2.81. The van der Waals surface area contributed by atoms with Crippen molar-refractivity contribution in [1.29, 1.82) is 0 Å². The van der Waals surface area contributed by atoms with Gasteiger partial charge in [0.25, 0.3) is 0 Å². The van der Waals surface area contributed by atoms with Crippen LogP contribution >= 0.6 is 7.82 Å². The highest BCUT2D eigenvalue weighted by Crippen LogP contribution is 2.47. The maximum Gasteiger partial charge on any atom is 0.472 e. The van der Waals surface area contributed by atoms with Crippen molar-refractivity contribution in [2.45, 2.75) is 140 Å². The Labute approximate surface area is 284 Å². The van der Waals surface area contributed by atoms with Gasteiger partial charge >= 0.3 is 19.8 Å². The summed E-state index contributed by atoms with van der Waals surface area (Å²) in [4.78, 5) is 34.7. The number of ether oxygens (including phenoxy) is 2. The molecule has 6 N–H and O–H groups in total. The van der Waals surface area contributed by atoms with E-state index in [1.54, 1.807) is 0 Å². The number of hydrogen-bond acceptors (Lipinski definition) is 12. The average Bonchev–Trinajstić information content (AvgIpc) is 3.06. The van der Waals surface area contributed by atoms with Crippen molar-refractivity contribution in [2.24, 2.45) is 0 Å². The zero-order valence-corrected chi connectivity index (χ0v) is 29.1. The molecular formula is C34H57O13P. The van der Waals surface area contributed by atoms with Gasteiger partial charge in [0, 0.05) is 12.8 Å². The molecule has 6 unspecified atom stereocenters. The minimum atomic E-state index is -5.10. The predicted octanol–water partition coefficient (Wildman–Crippen LogP) is 4.10. The second-order valence-electron chi connectivity index (χ2n) is 11.6. The number of phosphoric acid groups is 1. The van der Waals surface area contributed by atoms with E-state index in [0.717, 1.165) is 57.8 Å². The van der Waals surface area contributed by atoms with Gasteiger partial charge in [0.05, 0.1) is 6.61 Å². The van der Waals surface area contributed by atoms with E-state index >= 15 is 0 Å². The summed E-state index contributed by atoms with van der Waals surface area (Å²) in [5, 5.41) is 49.5. The SMILES string of the molecule is CC/C=C\C/C=C\C/C=C\C/C=C\CCCCCCC(=O)OC(COC(=O)CCCC)COP(=O)(O)OC1C(O)C(O)C(O)C(O)C1O. The number of carbonyl (C=O) groups is 2. The van der Waals surface area contributed by atoms with Crippen molar-refractivity contribution in [3.05, 3.63) is 48.6 Å². The molecule has 0 heterocycles. The fourth-order valence-corrected chi connectivity index (χ4v) is 5.58. The number of carbonyl (C=O) groups excluding carboxylic acids is 2. The van der Waals surface area contributed by atoms with Crippen LogP contribution in [0.2, 0.25) is 0 Å². The van der Waals surface area contributed by atoms with Crippen LogP contribution in [0, 0.1) is 0 Å². The van der Waals surface area contributed by atoms with Gasteiger partial charge in [0.2, 0.25) is 0 Å². The lowest BCUT2D eigenvalue weighted by atomic mass is 9.85. The zero-order valence-electron chi connectivity index (χ0n) is 28.3. The number of unbranched alkanes of at least 4 members (excludes halogenated alkanes) is 5. The lowest BCUT2D eigenvalue weighted by Crippen LogP contribution is -2.64. The smallest absolute Gasteiger partial charge is 0.462 e. The van der Waals surface area contributed by atoms with Crippen molar-refractivity contribution in [3.63, 3.8) is 0 Å². The number of aliphatic hydroxyl groups excluding tert-OH is 5. The fourth-order valence-electron chi connectivity index (χ4n) is 4.61. The Hall–Kier alpha value is -2.19. The van der Waals surface area contributed by atoms with Gasteiger partial charge in [-0.05, 0) is 51.4 Å². The zero-order chi connectivity index (χ0) is 35.8. The van der Waals surface area contributed by atoms with E-state index in [0.29, 0.717) is 12.8 Å². The summed E-state index contributed by atoms with van der Waals surface area (Å²) >= 11 is 0. The van der Waals surface area contributed by atoms with Crippen LogP contribution in [0.15, 0.2) is 48.6 Å². The Morgan fingerprint density at radius 1 is 0.667 bits per heavy atom. The Balaban J connectivity index is 2.46. The molecule has 1 rings (SSSR count). The van der Waals surface area contributed by atoms with Crippen LogP contribution in [0.4, 0.5) is 0 Å².